The van der Waals surface area contributed by atoms with Crippen LogP contribution in [-0.2, 0) is 16.0 Å². The van der Waals surface area contributed by atoms with Gasteiger partial charge in [0.05, 0.1) is 0 Å². The van der Waals surface area contributed by atoms with E-state index < -0.39 is 0 Å². The molecule has 0 bridgehead atoms. The summed E-state index contributed by atoms with van der Waals surface area (Å²) in [5, 5.41) is 2.58. The van der Waals surface area contributed by atoms with Gasteiger partial charge in [0.1, 0.15) is 6.04 Å². The molecule has 2 unspecified atom stereocenters. The van der Waals surface area contributed by atoms with Gasteiger partial charge in [-0.05, 0) is 25.3 Å². The van der Waals surface area contributed by atoms with Crippen molar-refractivity contribution in [1.29, 1.82) is 0 Å². The summed E-state index contributed by atoms with van der Waals surface area (Å²) in [6.07, 6.45) is 2.16. The normalized spacial score (nSPS) is 23.2. The molecule has 18 heavy (non-hydrogen) atoms. The number of nitrogens with one attached hydrogen (secondary N) is 1. The van der Waals surface area contributed by atoms with E-state index >= 15 is 0 Å². The van der Waals surface area contributed by atoms with Crippen LogP contribution in [-0.4, -0.2) is 35.8 Å². The van der Waals surface area contributed by atoms with Gasteiger partial charge in [-0.1, -0.05) is 30.3 Å². The summed E-state index contributed by atoms with van der Waals surface area (Å²) in [4.78, 5) is 24.3. The molecule has 0 aliphatic carbocycles. The summed E-state index contributed by atoms with van der Waals surface area (Å²) in [6, 6.07) is 9.96. The Hall–Kier alpha value is -1.84. The highest BCUT2D eigenvalue weighted by atomic mass is 16.2. The third-order valence-corrected chi connectivity index (χ3v) is 3.44. The van der Waals surface area contributed by atoms with Crippen LogP contribution in [0.5, 0.6) is 0 Å². The average molecular weight is 246 g/mol. The number of amides is 2. The zero-order valence-electron chi connectivity index (χ0n) is 10.5. The summed E-state index contributed by atoms with van der Waals surface area (Å²) < 4.78 is 0. The summed E-state index contributed by atoms with van der Waals surface area (Å²) >= 11 is 0. The quantitative estimate of drug-likeness (QED) is 0.787. The lowest BCUT2D eigenvalue weighted by Crippen LogP contribution is -2.39. The molecule has 4 nitrogen and oxygen atoms in total. The van der Waals surface area contributed by atoms with Crippen molar-refractivity contribution in [3.63, 3.8) is 0 Å². The lowest BCUT2D eigenvalue weighted by Gasteiger charge is -2.21. The van der Waals surface area contributed by atoms with Crippen molar-refractivity contribution in [1.82, 2.24) is 10.2 Å². The molecule has 1 aromatic carbocycles. The molecule has 0 saturated carbocycles. The number of nitrogens with zero attached hydrogens (tertiary/aromatic N) is 1. The zero-order chi connectivity index (χ0) is 13.0. The fourth-order valence-electron chi connectivity index (χ4n) is 2.43. The molecule has 4 heteroatoms. The van der Waals surface area contributed by atoms with Gasteiger partial charge in [-0.25, -0.2) is 0 Å². The highest BCUT2D eigenvalue weighted by molar-refractivity contribution is 5.86. The van der Waals surface area contributed by atoms with Gasteiger partial charge in [0.15, 0.2) is 0 Å². The van der Waals surface area contributed by atoms with Crippen LogP contribution in [0.25, 0.3) is 0 Å². The lowest BCUT2D eigenvalue weighted by molar-refractivity contribution is -0.131. The molecule has 1 aliphatic rings. The number of carbonyl (C=O) groups is 2. The molecule has 1 N–H and O–H groups in total. The van der Waals surface area contributed by atoms with E-state index in [1.54, 1.807) is 0 Å². The monoisotopic (exact) mass is 246 g/mol. The molecule has 1 aliphatic heterocycles. The average Bonchev–Trinajstić information content (AvgIpc) is 2.64. The molecule has 2 amide bonds. The molecule has 0 radical (unpaired) electrons. The first-order chi connectivity index (χ1) is 8.72. The first kappa shape index (κ1) is 12.6. The van der Waals surface area contributed by atoms with Crippen molar-refractivity contribution in [3.05, 3.63) is 35.9 Å². The standard InChI is InChI=1S/C14H18N2O2/c1-11-9-13(15-10-17)14(18)16(11)8-7-12-5-3-2-4-6-12/h2-6,10-11,13H,7-9H2,1H3,(H,15,17). The minimum Gasteiger partial charge on any atom is -0.347 e. The molecular weight excluding hydrogens is 228 g/mol. The second-order valence-corrected chi connectivity index (χ2v) is 4.69. The second-order valence-electron chi connectivity index (χ2n) is 4.69. The summed E-state index contributed by atoms with van der Waals surface area (Å²) in [7, 11) is 0. The Morgan fingerprint density at radius 3 is 2.78 bits per heavy atom. The maximum atomic E-state index is 12.0. The topological polar surface area (TPSA) is 49.4 Å². The van der Waals surface area contributed by atoms with Gasteiger partial charge in [-0.3, -0.25) is 9.59 Å². The maximum absolute atomic E-state index is 12.0. The van der Waals surface area contributed by atoms with E-state index in [9.17, 15) is 9.59 Å². The van der Waals surface area contributed by atoms with Crippen LogP contribution < -0.4 is 5.32 Å². The Morgan fingerprint density at radius 1 is 1.39 bits per heavy atom. The van der Waals surface area contributed by atoms with Crippen molar-refractivity contribution in [2.45, 2.75) is 31.8 Å². The van der Waals surface area contributed by atoms with Crippen LogP contribution in [0, 0.1) is 0 Å². The molecule has 96 valence electrons. The number of hydrogen-bond acceptors (Lipinski definition) is 2. The summed E-state index contributed by atoms with van der Waals surface area (Å²) in [5.41, 5.74) is 1.23. The van der Waals surface area contributed by atoms with Crippen molar-refractivity contribution >= 4 is 12.3 Å². The van der Waals surface area contributed by atoms with E-state index in [1.165, 1.54) is 5.56 Å². The number of hydrogen-bond donors (Lipinski definition) is 1. The maximum Gasteiger partial charge on any atom is 0.245 e. The van der Waals surface area contributed by atoms with Gasteiger partial charge in [0, 0.05) is 12.6 Å². The summed E-state index contributed by atoms with van der Waals surface area (Å²) in [5.74, 6) is 0.0329. The van der Waals surface area contributed by atoms with Gasteiger partial charge < -0.3 is 10.2 Å². The zero-order valence-corrected chi connectivity index (χ0v) is 10.5. The van der Waals surface area contributed by atoms with E-state index in [2.05, 4.69) is 17.4 Å². The van der Waals surface area contributed by atoms with Crippen LogP contribution in [0.1, 0.15) is 18.9 Å². The van der Waals surface area contributed by atoms with Crippen molar-refractivity contribution in [2.75, 3.05) is 6.54 Å². The Labute approximate surface area is 107 Å². The van der Waals surface area contributed by atoms with Crippen LogP contribution >= 0.6 is 0 Å². The number of likely N-dealkylation sites (tertiary alicyclic amines) is 1. The smallest absolute Gasteiger partial charge is 0.245 e. The van der Waals surface area contributed by atoms with Crippen LogP contribution in [0.2, 0.25) is 0 Å². The molecule has 1 saturated heterocycles. The molecule has 1 fully saturated rings. The van der Waals surface area contributed by atoms with Crippen molar-refractivity contribution in [3.8, 4) is 0 Å². The molecular formula is C14H18N2O2. The van der Waals surface area contributed by atoms with E-state index in [0.717, 1.165) is 6.42 Å². The lowest BCUT2D eigenvalue weighted by atomic mass is 10.1. The van der Waals surface area contributed by atoms with Crippen molar-refractivity contribution < 1.29 is 9.59 Å². The molecule has 2 rings (SSSR count). The Balaban J connectivity index is 1.93. The number of rotatable bonds is 5. The van der Waals surface area contributed by atoms with Gasteiger partial charge in [0.25, 0.3) is 0 Å². The molecule has 0 aromatic heterocycles. The largest absolute Gasteiger partial charge is 0.347 e. The third kappa shape index (κ3) is 2.70. The van der Waals surface area contributed by atoms with Gasteiger partial charge in [-0.15, -0.1) is 0 Å². The van der Waals surface area contributed by atoms with E-state index in [-0.39, 0.29) is 18.0 Å². The Kier molecular flexibility index (Phi) is 3.97. The van der Waals surface area contributed by atoms with E-state index in [1.807, 2.05) is 30.0 Å². The minimum atomic E-state index is -0.340. The number of benzene rings is 1. The highest BCUT2D eigenvalue weighted by Gasteiger charge is 2.36. The fraction of sp³-hybridized carbons (Fsp3) is 0.429. The van der Waals surface area contributed by atoms with Gasteiger partial charge >= 0.3 is 0 Å². The predicted octanol–water partition coefficient (Wildman–Crippen LogP) is 0.964. The third-order valence-electron chi connectivity index (χ3n) is 3.44. The SMILES string of the molecule is CC1CC(NC=O)C(=O)N1CCc1ccccc1. The highest BCUT2D eigenvalue weighted by Crippen LogP contribution is 2.19. The molecule has 1 aromatic rings. The predicted molar refractivity (Wildman–Crippen MR) is 68.9 cm³/mol. The van der Waals surface area contributed by atoms with Crippen molar-refractivity contribution in [2.24, 2.45) is 0 Å². The molecule has 0 spiro atoms. The first-order valence-electron chi connectivity index (χ1n) is 6.26. The van der Waals surface area contributed by atoms with E-state index in [4.69, 9.17) is 0 Å². The molecule has 2 atom stereocenters. The van der Waals surface area contributed by atoms with Crippen LogP contribution in [0.3, 0.4) is 0 Å². The second kappa shape index (κ2) is 5.67. The first-order valence-corrected chi connectivity index (χ1v) is 6.26. The number of carbonyl (C=O) groups excluding carboxylic acids is 2. The molecule has 1 heterocycles. The Bertz CT molecular complexity index is 419. The Morgan fingerprint density at radius 2 is 2.11 bits per heavy atom. The van der Waals surface area contributed by atoms with Gasteiger partial charge in [0.2, 0.25) is 12.3 Å². The minimum absolute atomic E-state index is 0.0329. The van der Waals surface area contributed by atoms with Crippen LogP contribution in [0.15, 0.2) is 30.3 Å². The van der Waals surface area contributed by atoms with Crippen LogP contribution in [0.4, 0.5) is 0 Å². The van der Waals surface area contributed by atoms with E-state index in [0.29, 0.717) is 19.4 Å². The summed E-state index contributed by atoms with van der Waals surface area (Å²) in [6.45, 7) is 2.73. The fourth-order valence-corrected chi connectivity index (χ4v) is 2.43. The van der Waals surface area contributed by atoms with Gasteiger partial charge in [-0.2, -0.15) is 0 Å².